The van der Waals surface area contributed by atoms with E-state index in [1.807, 2.05) is 18.2 Å². The lowest BCUT2D eigenvalue weighted by Gasteiger charge is -2.12. The minimum absolute atomic E-state index is 0.316. The van der Waals surface area contributed by atoms with Gasteiger partial charge in [0.2, 0.25) is 0 Å². The highest BCUT2D eigenvalue weighted by atomic mass is 35.5. The fraction of sp³-hybridized carbons (Fsp3) is 0.455. The largest absolute Gasteiger partial charge is 0.380 e. The van der Waals surface area contributed by atoms with Crippen molar-refractivity contribution in [1.82, 2.24) is 5.32 Å². The summed E-state index contributed by atoms with van der Waals surface area (Å²) in [6, 6.07) is 8.31. The van der Waals surface area contributed by atoms with E-state index in [0.29, 0.717) is 12.1 Å². The minimum atomic E-state index is 0.316. The second-order valence-electron chi connectivity index (χ2n) is 3.58. The predicted molar refractivity (Wildman–Crippen MR) is 57.6 cm³/mol. The van der Waals surface area contributed by atoms with Gasteiger partial charge in [0.1, 0.15) is 0 Å². The van der Waals surface area contributed by atoms with Crippen LogP contribution in [0.15, 0.2) is 24.3 Å². The molecule has 1 aliphatic rings. The quantitative estimate of drug-likeness (QED) is 0.811. The molecular formula is C11H14ClNO. The van der Waals surface area contributed by atoms with Crippen LogP contribution in [0.3, 0.4) is 0 Å². The van der Waals surface area contributed by atoms with Crippen LogP contribution in [0.5, 0.6) is 0 Å². The summed E-state index contributed by atoms with van der Waals surface area (Å²) in [5.41, 5.74) is 1.17. The second kappa shape index (κ2) is 4.30. The van der Waals surface area contributed by atoms with Crippen LogP contribution in [0.1, 0.15) is 18.0 Å². The summed E-state index contributed by atoms with van der Waals surface area (Å²) in [7, 11) is 1.75. The van der Waals surface area contributed by atoms with E-state index < -0.39 is 0 Å². The van der Waals surface area contributed by atoms with E-state index >= 15 is 0 Å². The van der Waals surface area contributed by atoms with E-state index in [9.17, 15) is 0 Å². The fourth-order valence-electron chi connectivity index (χ4n) is 1.88. The van der Waals surface area contributed by atoms with Crippen molar-refractivity contribution >= 4 is 11.6 Å². The van der Waals surface area contributed by atoms with Gasteiger partial charge in [-0.15, -0.1) is 0 Å². The molecule has 0 spiro atoms. The molecule has 2 nitrogen and oxygen atoms in total. The molecule has 1 aliphatic heterocycles. The van der Waals surface area contributed by atoms with Gasteiger partial charge in [-0.25, -0.2) is 0 Å². The Hall–Kier alpha value is -0.570. The second-order valence-corrected chi connectivity index (χ2v) is 3.98. The van der Waals surface area contributed by atoms with Crippen LogP contribution in [0.2, 0.25) is 5.02 Å². The molecule has 0 radical (unpaired) electrons. The van der Waals surface area contributed by atoms with Crippen LogP contribution in [-0.2, 0) is 4.74 Å². The summed E-state index contributed by atoms with van der Waals surface area (Å²) in [5.74, 6) is 0. The van der Waals surface area contributed by atoms with Crippen molar-refractivity contribution in [2.45, 2.75) is 18.6 Å². The molecule has 1 aromatic rings. The Bertz CT molecular complexity index is 316. The van der Waals surface area contributed by atoms with Crippen LogP contribution < -0.4 is 5.32 Å². The zero-order valence-corrected chi connectivity index (χ0v) is 8.92. The van der Waals surface area contributed by atoms with Gasteiger partial charge in [-0.3, -0.25) is 0 Å². The molecule has 1 aromatic carbocycles. The number of nitrogens with one attached hydrogen (secondary N) is 1. The summed E-state index contributed by atoms with van der Waals surface area (Å²) >= 11 is 6.11. The smallest absolute Gasteiger partial charge is 0.0714 e. The molecule has 1 saturated heterocycles. The van der Waals surface area contributed by atoms with E-state index in [-0.39, 0.29) is 0 Å². The van der Waals surface area contributed by atoms with Gasteiger partial charge in [0.25, 0.3) is 0 Å². The average Bonchev–Trinajstić information content (AvgIpc) is 2.67. The van der Waals surface area contributed by atoms with Gasteiger partial charge in [-0.1, -0.05) is 29.8 Å². The lowest BCUT2D eigenvalue weighted by molar-refractivity contribution is 0.117. The van der Waals surface area contributed by atoms with E-state index in [1.165, 1.54) is 5.56 Å². The van der Waals surface area contributed by atoms with Crippen LogP contribution >= 0.6 is 11.6 Å². The topological polar surface area (TPSA) is 21.3 Å². The average molecular weight is 212 g/mol. The molecule has 0 aliphatic carbocycles. The van der Waals surface area contributed by atoms with Crippen molar-refractivity contribution in [3.8, 4) is 0 Å². The van der Waals surface area contributed by atoms with E-state index in [0.717, 1.165) is 18.0 Å². The molecule has 3 heteroatoms. The van der Waals surface area contributed by atoms with Crippen molar-refractivity contribution in [1.29, 1.82) is 0 Å². The highest BCUT2D eigenvalue weighted by Gasteiger charge is 2.25. The summed E-state index contributed by atoms with van der Waals surface area (Å²) in [4.78, 5) is 0. The monoisotopic (exact) mass is 211 g/mol. The molecule has 0 aromatic heterocycles. The number of hydrogen-bond donors (Lipinski definition) is 1. The van der Waals surface area contributed by atoms with Crippen molar-refractivity contribution in [2.24, 2.45) is 0 Å². The maximum Gasteiger partial charge on any atom is 0.0714 e. The number of methoxy groups -OCH3 is 1. The molecule has 2 atom stereocenters. The van der Waals surface area contributed by atoms with Crippen molar-refractivity contribution in [3.63, 3.8) is 0 Å². The highest BCUT2D eigenvalue weighted by Crippen LogP contribution is 2.29. The zero-order valence-electron chi connectivity index (χ0n) is 8.16. The van der Waals surface area contributed by atoms with E-state index in [2.05, 4.69) is 11.4 Å². The first-order chi connectivity index (χ1) is 6.81. The molecule has 0 saturated carbocycles. The van der Waals surface area contributed by atoms with Gasteiger partial charge < -0.3 is 10.1 Å². The summed E-state index contributed by atoms with van der Waals surface area (Å²) in [5, 5.41) is 4.24. The van der Waals surface area contributed by atoms with Gasteiger partial charge in [0, 0.05) is 24.7 Å². The Kier molecular flexibility index (Phi) is 3.06. The van der Waals surface area contributed by atoms with Crippen LogP contribution in [-0.4, -0.2) is 19.8 Å². The molecular weight excluding hydrogens is 198 g/mol. The van der Waals surface area contributed by atoms with E-state index in [1.54, 1.807) is 7.11 Å². The molecule has 0 bridgehead atoms. The molecule has 14 heavy (non-hydrogen) atoms. The number of halogens is 1. The van der Waals surface area contributed by atoms with Gasteiger partial charge >= 0.3 is 0 Å². The Morgan fingerprint density at radius 2 is 2.21 bits per heavy atom. The molecule has 1 heterocycles. The molecule has 2 unspecified atom stereocenters. The van der Waals surface area contributed by atoms with Crippen LogP contribution in [0.25, 0.3) is 0 Å². The lowest BCUT2D eigenvalue weighted by atomic mass is 10.0. The Morgan fingerprint density at radius 3 is 2.86 bits per heavy atom. The third kappa shape index (κ3) is 1.92. The predicted octanol–water partition coefficient (Wildman–Crippen LogP) is 2.39. The van der Waals surface area contributed by atoms with Crippen LogP contribution in [0, 0.1) is 0 Å². The number of benzene rings is 1. The van der Waals surface area contributed by atoms with Gasteiger partial charge in [0.05, 0.1) is 6.10 Å². The fourth-order valence-corrected chi connectivity index (χ4v) is 2.14. The Labute approximate surface area is 89.2 Å². The first-order valence-electron chi connectivity index (χ1n) is 4.82. The van der Waals surface area contributed by atoms with Gasteiger partial charge in [0.15, 0.2) is 0 Å². The minimum Gasteiger partial charge on any atom is -0.380 e. The number of ether oxygens (including phenoxy) is 1. The maximum atomic E-state index is 6.11. The third-order valence-electron chi connectivity index (χ3n) is 2.70. The summed E-state index contributed by atoms with van der Waals surface area (Å²) < 4.78 is 5.30. The first-order valence-corrected chi connectivity index (χ1v) is 5.19. The summed E-state index contributed by atoms with van der Waals surface area (Å²) in [6.07, 6.45) is 1.32. The molecule has 0 amide bonds. The Balaban J connectivity index is 2.13. The zero-order chi connectivity index (χ0) is 9.97. The first kappa shape index (κ1) is 9.97. The molecule has 2 rings (SSSR count). The SMILES string of the molecule is COC1CNC(c2ccccc2Cl)C1. The van der Waals surface area contributed by atoms with Crippen molar-refractivity contribution < 1.29 is 4.74 Å². The number of rotatable bonds is 2. The van der Waals surface area contributed by atoms with Crippen molar-refractivity contribution in [3.05, 3.63) is 34.9 Å². The Morgan fingerprint density at radius 1 is 1.43 bits per heavy atom. The molecule has 1 N–H and O–H groups in total. The van der Waals surface area contributed by atoms with Gasteiger partial charge in [-0.2, -0.15) is 0 Å². The van der Waals surface area contributed by atoms with Gasteiger partial charge in [-0.05, 0) is 18.1 Å². The third-order valence-corrected chi connectivity index (χ3v) is 3.05. The van der Waals surface area contributed by atoms with Crippen LogP contribution in [0.4, 0.5) is 0 Å². The molecule has 76 valence electrons. The summed E-state index contributed by atoms with van der Waals surface area (Å²) in [6.45, 7) is 0.909. The lowest BCUT2D eigenvalue weighted by Crippen LogP contribution is -2.16. The van der Waals surface area contributed by atoms with E-state index in [4.69, 9.17) is 16.3 Å². The standard InChI is InChI=1S/C11H14ClNO/c1-14-8-6-11(13-7-8)9-4-2-3-5-10(9)12/h2-5,8,11,13H,6-7H2,1H3. The van der Waals surface area contributed by atoms with Crippen molar-refractivity contribution in [2.75, 3.05) is 13.7 Å². The molecule has 1 fully saturated rings. The number of hydrogen-bond acceptors (Lipinski definition) is 2. The highest BCUT2D eigenvalue weighted by molar-refractivity contribution is 6.31. The maximum absolute atomic E-state index is 6.11. The normalized spacial score (nSPS) is 26.7.